The van der Waals surface area contributed by atoms with E-state index in [2.05, 4.69) is 36.9 Å². The van der Waals surface area contributed by atoms with Crippen LogP contribution in [0.25, 0.3) is 44.2 Å². The summed E-state index contributed by atoms with van der Waals surface area (Å²) in [5.74, 6) is -1.61. The third-order valence-electron chi connectivity index (χ3n) is 6.63. The van der Waals surface area contributed by atoms with Crippen LogP contribution < -0.4 is 0 Å². The molecule has 0 aromatic heterocycles. The predicted molar refractivity (Wildman–Crippen MR) is 144 cm³/mol. The van der Waals surface area contributed by atoms with Crippen molar-refractivity contribution in [3.05, 3.63) is 132 Å². The first-order valence-electron chi connectivity index (χ1n) is 12.1. The highest BCUT2D eigenvalue weighted by Gasteiger charge is 2.30. The summed E-state index contributed by atoms with van der Waals surface area (Å²) >= 11 is 0. The largest absolute Gasteiger partial charge is 0.416 e. The number of benzene rings is 5. The van der Waals surface area contributed by atoms with E-state index >= 15 is 0 Å². The highest BCUT2D eigenvalue weighted by Crippen LogP contribution is 2.38. The van der Waals surface area contributed by atoms with Gasteiger partial charge >= 0.3 is 6.18 Å². The maximum Gasteiger partial charge on any atom is 0.416 e. The molecule has 0 aliphatic carbocycles. The van der Waals surface area contributed by atoms with Gasteiger partial charge in [0.15, 0.2) is 0 Å². The van der Waals surface area contributed by atoms with Crippen molar-refractivity contribution in [2.75, 3.05) is 0 Å². The lowest BCUT2D eigenvalue weighted by Crippen LogP contribution is -2.04. The zero-order valence-corrected chi connectivity index (χ0v) is 20.3. The molecule has 0 atom stereocenters. The van der Waals surface area contributed by atoms with E-state index < -0.39 is 23.4 Å². The molecule has 0 N–H and O–H groups in total. The molecule has 0 saturated heterocycles. The van der Waals surface area contributed by atoms with E-state index in [1.165, 1.54) is 23.8 Å². The highest BCUT2D eigenvalue weighted by atomic mass is 19.4. The maximum atomic E-state index is 14.9. The summed E-state index contributed by atoms with van der Waals surface area (Å²) in [6, 6.07) is 26.0. The standard InChI is InChI=1S/C33H23F5/c1-2-3-4-21-5-6-27-18-26(12-11-25(27)17-21)22-7-9-23(10-8-22)30-19-29(34)20-31(35)32(30)24-13-15-28(16-14-24)33(36,37)38/h2,5-20H,1,3-4H2. The molecule has 0 fully saturated rings. The van der Waals surface area contributed by atoms with E-state index in [4.69, 9.17) is 0 Å². The average molecular weight is 515 g/mol. The van der Waals surface area contributed by atoms with Crippen molar-refractivity contribution in [3.63, 3.8) is 0 Å². The highest BCUT2D eigenvalue weighted by molar-refractivity contribution is 5.89. The summed E-state index contributed by atoms with van der Waals surface area (Å²) in [5.41, 5.74) is 3.44. The topological polar surface area (TPSA) is 0 Å². The molecule has 5 aromatic rings. The van der Waals surface area contributed by atoms with Crippen molar-refractivity contribution in [1.29, 1.82) is 0 Å². The molecule has 0 aliphatic rings. The molecule has 0 bridgehead atoms. The van der Waals surface area contributed by atoms with Gasteiger partial charge in [-0.15, -0.1) is 6.58 Å². The Kier molecular flexibility index (Phi) is 6.85. The van der Waals surface area contributed by atoms with E-state index in [0.29, 0.717) is 5.56 Å². The Morgan fingerprint density at radius 3 is 1.92 bits per heavy atom. The average Bonchev–Trinajstić information content (AvgIpc) is 2.91. The van der Waals surface area contributed by atoms with Gasteiger partial charge in [0.1, 0.15) is 11.6 Å². The fraction of sp³-hybridized carbons (Fsp3) is 0.0909. The lowest BCUT2D eigenvalue weighted by molar-refractivity contribution is -0.137. The molecular formula is C33H23F5. The Labute approximate surface area is 217 Å². The van der Waals surface area contributed by atoms with Crippen LogP contribution in [-0.2, 0) is 12.6 Å². The van der Waals surface area contributed by atoms with Crippen LogP contribution in [0.2, 0.25) is 0 Å². The van der Waals surface area contributed by atoms with Crippen LogP contribution in [0.4, 0.5) is 22.0 Å². The fourth-order valence-corrected chi connectivity index (χ4v) is 4.66. The van der Waals surface area contributed by atoms with Crippen LogP contribution in [-0.4, -0.2) is 0 Å². The van der Waals surface area contributed by atoms with Crippen LogP contribution in [0.5, 0.6) is 0 Å². The van der Waals surface area contributed by atoms with Gasteiger partial charge in [0, 0.05) is 11.6 Å². The van der Waals surface area contributed by atoms with Crippen LogP contribution in [0.15, 0.2) is 110 Å². The number of halogens is 5. The number of allylic oxidation sites excluding steroid dienone is 1. The third-order valence-corrected chi connectivity index (χ3v) is 6.63. The molecule has 0 heterocycles. The van der Waals surface area contributed by atoms with Gasteiger partial charge in [-0.1, -0.05) is 72.8 Å². The molecule has 0 unspecified atom stereocenters. The summed E-state index contributed by atoms with van der Waals surface area (Å²) in [5, 5.41) is 2.24. The van der Waals surface area contributed by atoms with Gasteiger partial charge in [0.05, 0.1) is 5.56 Å². The maximum absolute atomic E-state index is 14.9. The minimum atomic E-state index is -4.50. The Morgan fingerprint density at radius 2 is 1.24 bits per heavy atom. The zero-order valence-electron chi connectivity index (χ0n) is 20.3. The SMILES string of the molecule is C=CCCc1ccc2cc(-c3ccc(-c4cc(F)cc(F)c4-c4ccc(C(F)(F)F)cc4)cc3)ccc2c1. The van der Waals surface area contributed by atoms with Gasteiger partial charge in [-0.05, 0) is 81.3 Å². The Balaban J connectivity index is 1.49. The molecule has 5 aromatic carbocycles. The number of fused-ring (bicyclic) bond motifs is 1. The number of rotatable bonds is 6. The predicted octanol–water partition coefficient (Wildman–Crippen LogP) is 10.3. The van der Waals surface area contributed by atoms with Crippen LogP contribution in [0.1, 0.15) is 17.5 Å². The van der Waals surface area contributed by atoms with E-state index in [1.807, 2.05) is 24.3 Å². The van der Waals surface area contributed by atoms with E-state index in [9.17, 15) is 22.0 Å². The van der Waals surface area contributed by atoms with Gasteiger partial charge in [-0.3, -0.25) is 0 Å². The molecule has 5 rings (SSSR count). The number of alkyl halides is 3. The second-order valence-corrected chi connectivity index (χ2v) is 9.19. The molecule has 0 nitrogen and oxygen atoms in total. The summed E-state index contributed by atoms with van der Waals surface area (Å²) in [7, 11) is 0. The second-order valence-electron chi connectivity index (χ2n) is 9.19. The number of hydrogen-bond acceptors (Lipinski definition) is 0. The second kappa shape index (κ2) is 10.3. The van der Waals surface area contributed by atoms with E-state index in [1.54, 1.807) is 12.1 Å². The van der Waals surface area contributed by atoms with Crippen LogP contribution >= 0.6 is 0 Å². The van der Waals surface area contributed by atoms with Gasteiger partial charge in [-0.25, -0.2) is 8.78 Å². The minimum Gasteiger partial charge on any atom is -0.207 e. The first-order valence-corrected chi connectivity index (χ1v) is 12.1. The van der Waals surface area contributed by atoms with Gasteiger partial charge in [-0.2, -0.15) is 13.2 Å². The Bertz CT molecular complexity index is 1610. The molecule has 190 valence electrons. The van der Waals surface area contributed by atoms with Crippen molar-refractivity contribution < 1.29 is 22.0 Å². The number of hydrogen-bond donors (Lipinski definition) is 0. The minimum absolute atomic E-state index is 0.0471. The van der Waals surface area contributed by atoms with Gasteiger partial charge in [0.25, 0.3) is 0 Å². The molecular weight excluding hydrogens is 491 g/mol. The molecule has 5 heteroatoms. The summed E-state index contributed by atoms with van der Waals surface area (Å²) < 4.78 is 68.2. The van der Waals surface area contributed by atoms with Crippen LogP contribution in [0.3, 0.4) is 0 Å². The smallest absolute Gasteiger partial charge is 0.207 e. The van der Waals surface area contributed by atoms with Crippen molar-refractivity contribution in [3.8, 4) is 33.4 Å². The first-order chi connectivity index (χ1) is 18.2. The van der Waals surface area contributed by atoms with Gasteiger partial charge in [0.2, 0.25) is 0 Å². The van der Waals surface area contributed by atoms with Gasteiger partial charge < -0.3 is 0 Å². The number of aryl methyl sites for hydroxylation is 1. The van der Waals surface area contributed by atoms with Crippen molar-refractivity contribution in [1.82, 2.24) is 0 Å². The summed E-state index contributed by atoms with van der Waals surface area (Å²) in [6.45, 7) is 3.77. The monoisotopic (exact) mass is 514 g/mol. The molecule has 0 amide bonds. The normalized spacial score (nSPS) is 11.6. The van der Waals surface area contributed by atoms with Crippen molar-refractivity contribution in [2.24, 2.45) is 0 Å². The van der Waals surface area contributed by atoms with E-state index in [0.717, 1.165) is 52.9 Å². The molecule has 0 saturated carbocycles. The third kappa shape index (κ3) is 5.23. The molecule has 0 aliphatic heterocycles. The van der Waals surface area contributed by atoms with Crippen molar-refractivity contribution >= 4 is 10.8 Å². The Hall–Kier alpha value is -4.25. The molecule has 38 heavy (non-hydrogen) atoms. The molecule has 0 spiro atoms. The Morgan fingerprint density at radius 1 is 0.632 bits per heavy atom. The van der Waals surface area contributed by atoms with E-state index in [-0.39, 0.29) is 16.7 Å². The molecule has 0 radical (unpaired) electrons. The first kappa shape index (κ1) is 25.4. The van der Waals surface area contributed by atoms with Crippen LogP contribution in [0, 0.1) is 11.6 Å². The zero-order chi connectivity index (χ0) is 26.9. The van der Waals surface area contributed by atoms with Crippen molar-refractivity contribution in [2.45, 2.75) is 19.0 Å². The quantitative estimate of drug-likeness (QED) is 0.156. The lowest BCUT2D eigenvalue weighted by atomic mass is 9.92. The summed E-state index contributed by atoms with van der Waals surface area (Å²) in [6.07, 6.45) is -0.736. The summed E-state index contributed by atoms with van der Waals surface area (Å²) in [4.78, 5) is 0. The lowest BCUT2D eigenvalue weighted by Gasteiger charge is -2.14. The fourth-order valence-electron chi connectivity index (χ4n) is 4.66.